The summed E-state index contributed by atoms with van der Waals surface area (Å²) >= 11 is 0. The highest BCUT2D eigenvalue weighted by molar-refractivity contribution is 6.38. The standard InChI is InChI=1S/C12H16O4/c1-2-16-12(15)11(14)9-7-3-5-8(6-4-7)10(9)13/h7-9H,2-6H2,1H3. The van der Waals surface area contributed by atoms with Gasteiger partial charge in [0.05, 0.1) is 12.5 Å². The molecule has 3 saturated carbocycles. The van der Waals surface area contributed by atoms with E-state index in [2.05, 4.69) is 4.74 Å². The van der Waals surface area contributed by atoms with Gasteiger partial charge in [0.15, 0.2) is 0 Å². The van der Waals surface area contributed by atoms with Crippen molar-refractivity contribution in [2.75, 3.05) is 6.61 Å². The van der Waals surface area contributed by atoms with E-state index in [1.54, 1.807) is 6.92 Å². The Kier molecular flexibility index (Phi) is 3.08. The lowest BCUT2D eigenvalue weighted by Crippen LogP contribution is -2.46. The molecule has 0 spiro atoms. The largest absolute Gasteiger partial charge is 0.460 e. The summed E-state index contributed by atoms with van der Waals surface area (Å²) < 4.78 is 4.67. The lowest BCUT2D eigenvalue weighted by molar-refractivity contribution is -0.160. The van der Waals surface area contributed by atoms with Gasteiger partial charge in [-0.15, -0.1) is 0 Å². The minimum Gasteiger partial charge on any atom is -0.460 e. The summed E-state index contributed by atoms with van der Waals surface area (Å²) in [5.41, 5.74) is 0. The zero-order chi connectivity index (χ0) is 11.7. The van der Waals surface area contributed by atoms with Crippen molar-refractivity contribution in [3.05, 3.63) is 0 Å². The maximum absolute atomic E-state index is 11.9. The van der Waals surface area contributed by atoms with Crippen LogP contribution in [0.3, 0.4) is 0 Å². The molecule has 0 saturated heterocycles. The maximum Gasteiger partial charge on any atom is 0.375 e. The summed E-state index contributed by atoms with van der Waals surface area (Å²) in [7, 11) is 0. The van der Waals surface area contributed by atoms with E-state index < -0.39 is 17.7 Å². The van der Waals surface area contributed by atoms with Crippen molar-refractivity contribution in [3.63, 3.8) is 0 Å². The number of ether oxygens (including phenoxy) is 1. The van der Waals surface area contributed by atoms with Gasteiger partial charge in [-0.25, -0.2) is 4.79 Å². The Bertz CT molecular complexity index is 326. The summed E-state index contributed by atoms with van der Waals surface area (Å²) in [6.07, 6.45) is 3.56. The van der Waals surface area contributed by atoms with Crippen LogP contribution in [0.1, 0.15) is 32.6 Å². The van der Waals surface area contributed by atoms with Crippen molar-refractivity contribution in [3.8, 4) is 0 Å². The van der Waals surface area contributed by atoms with Crippen LogP contribution in [0.5, 0.6) is 0 Å². The van der Waals surface area contributed by atoms with E-state index >= 15 is 0 Å². The fourth-order valence-corrected chi connectivity index (χ4v) is 2.90. The van der Waals surface area contributed by atoms with Crippen LogP contribution in [0, 0.1) is 17.8 Å². The second-order valence-corrected chi connectivity index (χ2v) is 4.58. The average Bonchev–Trinajstić information content (AvgIpc) is 2.30. The fourth-order valence-electron chi connectivity index (χ4n) is 2.90. The summed E-state index contributed by atoms with van der Waals surface area (Å²) in [5, 5.41) is 0. The van der Waals surface area contributed by atoms with Gasteiger partial charge in [0.25, 0.3) is 5.78 Å². The molecule has 0 radical (unpaired) electrons. The number of ketones is 2. The normalized spacial score (nSPS) is 32.6. The van der Waals surface area contributed by atoms with Crippen LogP contribution in [0.25, 0.3) is 0 Å². The molecule has 0 aromatic carbocycles. The molecular formula is C12H16O4. The molecule has 16 heavy (non-hydrogen) atoms. The second-order valence-electron chi connectivity index (χ2n) is 4.58. The highest BCUT2D eigenvalue weighted by Crippen LogP contribution is 2.43. The van der Waals surface area contributed by atoms with Crippen LogP contribution in [-0.4, -0.2) is 24.1 Å². The zero-order valence-electron chi connectivity index (χ0n) is 9.40. The van der Waals surface area contributed by atoms with Gasteiger partial charge in [0, 0.05) is 5.92 Å². The van der Waals surface area contributed by atoms with Gasteiger partial charge in [-0.2, -0.15) is 0 Å². The van der Waals surface area contributed by atoms with Crippen LogP contribution in [0.15, 0.2) is 0 Å². The zero-order valence-corrected chi connectivity index (χ0v) is 9.40. The summed E-state index contributed by atoms with van der Waals surface area (Å²) in [5.74, 6) is -2.11. The molecular weight excluding hydrogens is 208 g/mol. The molecule has 2 bridgehead atoms. The van der Waals surface area contributed by atoms with Crippen molar-refractivity contribution >= 4 is 17.5 Å². The van der Waals surface area contributed by atoms with Crippen LogP contribution >= 0.6 is 0 Å². The number of hydrogen-bond acceptors (Lipinski definition) is 4. The molecule has 3 rings (SSSR count). The molecule has 0 heterocycles. The van der Waals surface area contributed by atoms with Crippen LogP contribution < -0.4 is 0 Å². The van der Waals surface area contributed by atoms with Crippen molar-refractivity contribution in [2.45, 2.75) is 32.6 Å². The summed E-state index contributed by atoms with van der Waals surface area (Å²) in [6, 6.07) is 0. The van der Waals surface area contributed by atoms with Gasteiger partial charge in [0.1, 0.15) is 5.78 Å². The highest BCUT2D eigenvalue weighted by atomic mass is 16.5. The van der Waals surface area contributed by atoms with E-state index in [9.17, 15) is 14.4 Å². The number of rotatable bonds is 3. The van der Waals surface area contributed by atoms with Gasteiger partial charge in [0.2, 0.25) is 0 Å². The molecule has 4 nitrogen and oxygen atoms in total. The number of carbonyl (C=O) groups excluding carboxylic acids is 3. The number of esters is 1. The van der Waals surface area contributed by atoms with Crippen LogP contribution in [0.4, 0.5) is 0 Å². The molecule has 0 N–H and O–H groups in total. The van der Waals surface area contributed by atoms with E-state index in [0.717, 1.165) is 25.7 Å². The lowest BCUT2D eigenvalue weighted by atomic mass is 9.62. The van der Waals surface area contributed by atoms with Gasteiger partial charge in [-0.1, -0.05) is 0 Å². The van der Waals surface area contributed by atoms with Gasteiger partial charge in [-0.3, -0.25) is 9.59 Å². The third-order valence-corrected chi connectivity index (χ3v) is 3.71. The number of fused-ring (bicyclic) bond motifs is 3. The monoisotopic (exact) mass is 224 g/mol. The van der Waals surface area contributed by atoms with Crippen LogP contribution in [-0.2, 0) is 19.1 Å². The van der Waals surface area contributed by atoms with Crippen LogP contribution in [0.2, 0.25) is 0 Å². The number of Topliss-reactive ketones (excluding diaryl/α,β-unsaturated/α-hetero) is 2. The van der Waals surface area contributed by atoms with E-state index in [1.807, 2.05) is 0 Å². The van der Waals surface area contributed by atoms with E-state index in [1.165, 1.54) is 0 Å². The molecule has 0 aromatic rings. The third-order valence-electron chi connectivity index (χ3n) is 3.71. The Hall–Kier alpha value is -1.19. The van der Waals surface area contributed by atoms with Crippen molar-refractivity contribution in [1.29, 1.82) is 0 Å². The van der Waals surface area contributed by atoms with Crippen molar-refractivity contribution in [1.82, 2.24) is 0 Å². The molecule has 1 atom stereocenters. The molecule has 3 fully saturated rings. The SMILES string of the molecule is CCOC(=O)C(=O)C1C(=O)C2CCC1CC2. The second kappa shape index (κ2) is 4.36. The maximum atomic E-state index is 11.9. The Balaban J connectivity index is 2.11. The predicted octanol–water partition coefficient (Wildman–Crippen LogP) is 1.12. The first kappa shape index (κ1) is 11.3. The van der Waals surface area contributed by atoms with E-state index in [0.29, 0.717) is 0 Å². The molecule has 1 unspecified atom stereocenters. The fraction of sp³-hybridized carbons (Fsp3) is 0.750. The first-order valence-corrected chi connectivity index (χ1v) is 5.89. The van der Waals surface area contributed by atoms with Crippen molar-refractivity contribution in [2.24, 2.45) is 17.8 Å². The van der Waals surface area contributed by atoms with Crippen molar-refractivity contribution < 1.29 is 19.1 Å². The Morgan fingerprint density at radius 2 is 1.88 bits per heavy atom. The first-order valence-electron chi connectivity index (χ1n) is 5.89. The smallest absolute Gasteiger partial charge is 0.375 e. The quantitative estimate of drug-likeness (QED) is 0.409. The van der Waals surface area contributed by atoms with E-state index in [4.69, 9.17) is 0 Å². The molecule has 0 aromatic heterocycles. The minimum atomic E-state index is -0.839. The summed E-state index contributed by atoms with van der Waals surface area (Å²) in [6.45, 7) is 1.83. The first-order chi connectivity index (χ1) is 7.65. The molecule has 88 valence electrons. The predicted molar refractivity (Wildman–Crippen MR) is 55.6 cm³/mol. The van der Waals surface area contributed by atoms with Gasteiger partial charge in [-0.05, 0) is 38.5 Å². The molecule has 3 aliphatic carbocycles. The highest BCUT2D eigenvalue weighted by Gasteiger charge is 2.48. The van der Waals surface area contributed by atoms with Gasteiger partial charge >= 0.3 is 5.97 Å². The molecule has 0 aliphatic heterocycles. The number of carbonyl (C=O) groups is 3. The van der Waals surface area contributed by atoms with Gasteiger partial charge < -0.3 is 4.74 Å². The topological polar surface area (TPSA) is 60.4 Å². The summed E-state index contributed by atoms with van der Waals surface area (Å²) in [4.78, 5) is 35.0. The molecule has 4 heteroatoms. The average molecular weight is 224 g/mol. The number of hydrogen-bond donors (Lipinski definition) is 0. The molecule has 0 amide bonds. The van der Waals surface area contributed by atoms with E-state index in [-0.39, 0.29) is 24.2 Å². The molecule has 3 aliphatic rings. The Morgan fingerprint density at radius 1 is 1.25 bits per heavy atom. The Morgan fingerprint density at radius 3 is 2.38 bits per heavy atom. The Labute approximate surface area is 94.3 Å². The minimum absolute atomic E-state index is 0.00776. The third kappa shape index (κ3) is 1.77. The lowest BCUT2D eigenvalue weighted by Gasteiger charge is -2.39.